The minimum Gasteiger partial charge on any atom is -0.351 e. The maximum Gasteiger partial charge on any atom is 0.262 e. The number of thiophene rings is 1. The average Bonchev–Trinajstić information content (AvgIpc) is 3.38. The zero-order chi connectivity index (χ0) is 22.5. The molecular formula is C22H23ClN4O3S2. The van der Waals surface area contributed by atoms with Crippen molar-refractivity contribution in [1.82, 2.24) is 10.2 Å². The molecule has 1 unspecified atom stereocenters. The SMILES string of the molecule is O=C(CC1SC(N2CCCCC2)=NC1=O)Nc1ccc(C(=O)NCc2ccc(Cl)s2)cc1. The quantitative estimate of drug-likeness (QED) is 0.635. The van der Waals surface area contributed by atoms with Crippen LogP contribution >= 0.6 is 34.7 Å². The minimum atomic E-state index is -0.484. The summed E-state index contributed by atoms with van der Waals surface area (Å²) in [5.74, 6) is -0.703. The molecule has 0 radical (unpaired) electrons. The van der Waals surface area contributed by atoms with Crippen molar-refractivity contribution in [2.75, 3.05) is 18.4 Å². The van der Waals surface area contributed by atoms with E-state index in [0.717, 1.165) is 36.0 Å². The summed E-state index contributed by atoms with van der Waals surface area (Å²) in [6.45, 7) is 2.24. The second-order valence-electron chi connectivity index (χ2n) is 7.60. The molecule has 3 heterocycles. The number of aliphatic imine (C=N–C) groups is 1. The van der Waals surface area contributed by atoms with E-state index in [1.54, 1.807) is 30.3 Å². The Morgan fingerprint density at radius 3 is 2.53 bits per heavy atom. The monoisotopic (exact) mass is 490 g/mol. The molecule has 168 valence electrons. The van der Waals surface area contributed by atoms with Gasteiger partial charge in [0.15, 0.2) is 5.17 Å². The van der Waals surface area contributed by atoms with E-state index in [-0.39, 0.29) is 24.1 Å². The summed E-state index contributed by atoms with van der Waals surface area (Å²) in [5.41, 5.74) is 1.07. The van der Waals surface area contributed by atoms with Crippen LogP contribution < -0.4 is 10.6 Å². The zero-order valence-electron chi connectivity index (χ0n) is 17.3. The fourth-order valence-electron chi connectivity index (χ4n) is 3.53. The summed E-state index contributed by atoms with van der Waals surface area (Å²) in [4.78, 5) is 44.3. The van der Waals surface area contributed by atoms with Gasteiger partial charge in [-0.05, 0) is 55.7 Å². The first kappa shape index (κ1) is 22.8. The van der Waals surface area contributed by atoms with E-state index >= 15 is 0 Å². The topological polar surface area (TPSA) is 90.9 Å². The maximum absolute atomic E-state index is 12.4. The molecule has 2 N–H and O–H groups in total. The Morgan fingerprint density at radius 1 is 1.09 bits per heavy atom. The molecule has 0 spiro atoms. The Bertz CT molecular complexity index is 1030. The lowest BCUT2D eigenvalue weighted by Crippen LogP contribution is -2.33. The standard InChI is InChI=1S/C22H23ClN4O3S2/c23-18-9-8-16(31-18)13-24-20(29)14-4-6-15(7-5-14)25-19(28)12-17-21(30)26-22(32-17)27-10-2-1-3-11-27/h4-9,17H,1-3,10-13H2,(H,24,29)(H,25,28). The molecule has 7 nitrogen and oxygen atoms in total. The number of piperidine rings is 1. The number of nitrogens with one attached hydrogen (secondary N) is 2. The fourth-order valence-corrected chi connectivity index (χ4v) is 5.68. The highest BCUT2D eigenvalue weighted by molar-refractivity contribution is 8.15. The lowest BCUT2D eigenvalue weighted by molar-refractivity contribution is -0.121. The Balaban J connectivity index is 1.25. The predicted molar refractivity (Wildman–Crippen MR) is 129 cm³/mol. The number of hydrogen-bond acceptors (Lipinski definition) is 6. The summed E-state index contributed by atoms with van der Waals surface area (Å²) in [5, 5.41) is 5.90. The largest absolute Gasteiger partial charge is 0.351 e. The normalized spacial score (nSPS) is 18.4. The lowest BCUT2D eigenvalue weighted by Gasteiger charge is -2.27. The van der Waals surface area contributed by atoms with Crippen molar-refractivity contribution in [3.8, 4) is 0 Å². The molecule has 2 aliphatic heterocycles. The van der Waals surface area contributed by atoms with Gasteiger partial charge in [-0.1, -0.05) is 23.4 Å². The van der Waals surface area contributed by atoms with Crippen molar-refractivity contribution in [3.05, 3.63) is 51.2 Å². The Kier molecular flexibility index (Phi) is 7.49. The van der Waals surface area contributed by atoms with Gasteiger partial charge in [-0.25, -0.2) is 0 Å². The molecule has 1 aromatic heterocycles. The van der Waals surface area contributed by atoms with E-state index in [2.05, 4.69) is 20.5 Å². The van der Waals surface area contributed by atoms with Crippen molar-refractivity contribution in [3.63, 3.8) is 0 Å². The van der Waals surface area contributed by atoms with Gasteiger partial charge >= 0.3 is 0 Å². The number of hydrogen-bond donors (Lipinski definition) is 2. The number of thioether (sulfide) groups is 1. The molecule has 2 aromatic rings. The molecule has 3 amide bonds. The maximum atomic E-state index is 12.4. The third kappa shape index (κ3) is 5.90. The number of nitrogens with zero attached hydrogens (tertiary/aromatic N) is 2. The van der Waals surface area contributed by atoms with E-state index in [1.807, 2.05) is 6.07 Å². The number of carbonyl (C=O) groups excluding carboxylic acids is 3. The number of amidine groups is 1. The zero-order valence-corrected chi connectivity index (χ0v) is 19.7. The van der Waals surface area contributed by atoms with Crippen molar-refractivity contribution in [2.45, 2.75) is 37.5 Å². The molecule has 1 fully saturated rings. The third-order valence-electron chi connectivity index (χ3n) is 5.21. The molecule has 32 heavy (non-hydrogen) atoms. The van der Waals surface area contributed by atoms with Gasteiger partial charge in [-0.3, -0.25) is 14.4 Å². The molecule has 0 saturated carbocycles. The van der Waals surface area contributed by atoms with Gasteiger partial charge in [-0.15, -0.1) is 11.3 Å². The summed E-state index contributed by atoms with van der Waals surface area (Å²) < 4.78 is 0.682. The van der Waals surface area contributed by atoms with Gasteiger partial charge in [0.25, 0.3) is 11.8 Å². The first-order chi connectivity index (χ1) is 15.5. The van der Waals surface area contributed by atoms with E-state index in [0.29, 0.717) is 22.1 Å². The molecule has 1 aromatic carbocycles. The van der Waals surface area contributed by atoms with E-state index in [4.69, 9.17) is 11.6 Å². The van der Waals surface area contributed by atoms with Crippen molar-refractivity contribution < 1.29 is 14.4 Å². The predicted octanol–water partition coefficient (Wildman–Crippen LogP) is 4.14. The number of amides is 3. The van der Waals surface area contributed by atoms with Crippen LogP contribution in [0.2, 0.25) is 4.34 Å². The minimum absolute atomic E-state index is 0.0654. The van der Waals surface area contributed by atoms with Gasteiger partial charge in [0, 0.05) is 35.6 Å². The number of carbonyl (C=O) groups is 3. The van der Waals surface area contributed by atoms with Crippen molar-refractivity contribution in [2.24, 2.45) is 4.99 Å². The molecule has 0 aliphatic carbocycles. The van der Waals surface area contributed by atoms with Crippen LogP contribution in [0.1, 0.15) is 40.9 Å². The van der Waals surface area contributed by atoms with Crippen LogP contribution in [0.25, 0.3) is 0 Å². The van der Waals surface area contributed by atoms with E-state index in [9.17, 15) is 14.4 Å². The van der Waals surface area contributed by atoms with Crippen LogP contribution in [0.3, 0.4) is 0 Å². The van der Waals surface area contributed by atoms with Gasteiger partial charge in [0.2, 0.25) is 5.91 Å². The van der Waals surface area contributed by atoms with Crippen molar-refractivity contribution in [1.29, 1.82) is 0 Å². The smallest absolute Gasteiger partial charge is 0.262 e. The van der Waals surface area contributed by atoms with E-state index < -0.39 is 5.25 Å². The summed E-state index contributed by atoms with van der Waals surface area (Å²) in [6.07, 6.45) is 3.48. The van der Waals surface area contributed by atoms with Crippen LogP contribution in [0.5, 0.6) is 0 Å². The number of halogens is 1. The lowest BCUT2D eigenvalue weighted by atomic mass is 10.1. The second kappa shape index (κ2) is 10.5. The molecule has 2 aliphatic rings. The Hall–Kier alpha value is -2.36. The van der Waals surface area contributed by atoms with Crippen LogP contribution in [-0.4, -0.2) is 46.1 Å². The number of anilines is 1. The van der Waals surface area contributed by atoms with E-state index in [1.165, 1.54) is 29.5 Å². The van der Waals surface area contributed by atoms with Crippen LogP contribution in [0.15, 0.2) is 41.4 Å². The van der Waals surface area contributed by atoms with Crippen LogP contribution in [-0.2, 0) is 16.1 Å². The molecule has 1 atom stereocenters. The summed E-state index contributed by atoms with van der Waals surface area (Å²) in [7, 11) is 0. The number of rotatable bonds is 6. The first-order valence-electron chi connectivity index (χ1n) is 10.4. The van der Waals surface area contributed by atoms with Crippen LogP contribution in [0.4, 0.5) is 5.69 Å². The Labute approximate surface area is 199 Å². The summed E-state index contributed by atoms with van der Waals surface area (Å²) in [6, 6.07) is 10.3. The van der Waals surface area contributed by atoms with Gasteiger partial charge in [-0.2, -0.15) is 4.99 Å². The average molecular weight is 491 g/mol. The highest BCUT2D eigenvalue weighted by atomic mass is 35.5. The number of benzene rings is 1. The van der Waals surface area contributed by atoms with Crippen molar-refractivity contribution >= 4 is 63.3 Å². The highest BCUT2D eigenvalue weighted by Gasteiger charge is 2.33. The Morgan fingerprint density at radius 2 is 1.84 bits per heavy atom. The first-order valence-corrected chi connectivity index (χ1v) is 12.5. The van der Waals surface area contributed by atoms with Gasteiger partial charge in [0.05, 0.1) is 10.9 Å². The molecule has 0 bridgehead atoms. The van der Waals surface area contributed by atoms with Gasteiger partial charge in [0.1, 0.15) is 5.25 Å². The second-order valence-corrected chi connectivity index (χ2v) is 10.6. The third-order valence-corrected chi connectivity index (χ3v) is 7.65. The summed E-state index contributed by atoms with van der Waals surface area (Å²) >= 11 is 8.70. The molecule has 4 rings (SSSR count). The fraction of sp³-hybridized carbons (Fsp3) is 0.364. The van der Waals surface area contributed by atoms with Gasteiger partial charge < -0.3 is 15.5 Å². The van der Waals surface area contributed by atoms with Crippen LogP contribution in [0, 0.1) is 0 Å². The number of likely N-dealkylation sites (tertiary alicyclic amines) is 1. The molecule has 1 saturated heterocycles. The highest BCUT2D eigenvalue weighted by Crippen LogP contribution is 2.29. The molecule has 10 heteroatoms. The molecular weight excluding hydrogens is 468 g/mol.